The Labute approximate surface area is 128 Å². The van der Waals surface area contributed by atoms with E-state index in [4.69, 9.17) is 13.7 Å². The third kappa shape index (κ3) is 2.30. The molecule has 0 nitrogen and oxygen atoms in total. The highest BCUT2D eigenvalue weighted by Crippen LogP contribution is 2.31. The number of hydrogen-bond donors (Lipinski definition) is 0. The van der Waals surface area contributed by atoms with E-state index >= 15 is 0 Å². The van der Waals surface area contributed by atoms with Gasteiger partial charge in [-0.3, -0.25) is 0 Å². The summed E-state index contributed by atoms with van der Waals surface area (Å²) in [5.41, 5.74) is 1.13. The lowest BCUT2D eigenvalue weighted by atomic mass is 9.93. The van der Waals surface area contributed by atoms with E-state index in [0.29, 0.717) is 16.7 Å². The average molecular weight is 254 g/mol. The van der Waals surface area contributed by atoms with Gasteiger partial charge in [-0.25, -0.2) is 0 Å². The molecule has 0 heterocycles. The molecule has 0 radical (unpaired) electrons. The van der Waals surface area contributed by atoms with Gasteiger partial charge in [-0.15, -0.1) is 0 Å². The minimum absolute atomic E-state index is 0.00252. The van der Waals surface area contributed by atoms with E-state index in [1.807, 2.05) is 0 Å². The topological polar surface area (TPSA) is 0 Å². The molecule has 0 aliphatic rings. The fraction of sp³-hybridized carbons (Fsp3) is 0.0526. The molecule has 0 atom stereocenters. The fourth-order valence-corrected chi connectivity index (χ4v) is 1.95. The monoisotopic (exact) mass is 254 g/mol. The van der Waals surface area contributed by atoms with Crippen LogP contribution in [-0.2, 0) is 0 Å². The largest absolute Gasteiger partial charge is 0.0629 e. The van der Waals surface area contributed by atoms with Gasteiger partial charge in [-0.05, 0) is 34.7 Å². The van der Waals surface area contributed by atoms with E-state index in [9.17, 15) is 0 Å². The standard InChI is InChI=1S/C19H16/c1-15-18(16-9-4-2-5-10-16)13-8-14-19(15)17-11-6-3-7-12-17/h2-14H,1H3/i2D,3D,4D,5D,6D,7D,9D,10D,11D,12D. The van der Waals surface area contributed by atoms with Crippen LogP contribution in [-0.4, -0.2) is 0 Å². The third-order valence-corrected chi connectivity index (χ3v) is 2.87. The second-order valence-electron chi connectivity index (χ2n) is 3.98. The Kier molecular flexibility index (Phi) is 1.34. The molecule has 0 aromatic heterocycles. The van der Waals surface area contributed by atoms with Gasteiger partial charge in [0.25, 0.3) is 0 Å². The van der Waals surface area contributed by atoms with Crippen LogP contribution in [0.15, 0.2) is 78.6 Å². The second kappa shape index (κ2) is 5.11. The van der Waals surface area contributed by atoms with E-state index < -0.39 is 36.3 Å². The summed E-state index contributed by atoms with van der Waals surface area (Å²) in [6, 6.07) is 0.434. The Balaban J connectivity index is 2.40. The Hall–Kier alpha value is -2.34. The first-order valence-corrected chi connectivity index (χ1v) is 5.74. The van der Waals surface area contributed by atoms with E-state index in [1.165, 1.54) is 0 Å². The van der Waals surface area contributed by atoms with Crippen molar-refractivity contribution < 1.29 is 13.7 Å². The van der Waals surface area contributed by atoms with Crippen molar-refractivity contribution in [1.29, 1.82) is 0 Å². The van der Waals surface area contributed by atoms with Crippen molar-refractivity contribution in [3.63, 3.8) is 0 Å². The van der Waals surface area contributed by atoms with Crippen LogP contribution in [0.5, 0.6) is 0 Å². The minimum atomic E-state index is -0.497. The molecular weight excluding hydrogens is 228 g/mol. The molecule has 0 heteroatoms. The maximum absolute atomic E-state index is 8.19. The summed E-state index contributed by atoms with van der Waals surface area (Å²) in [5.74, 6) is 0. The molecule has 0 amide bonds. The first-order chi connectivity index (χ1) is 13.5. The molecule has 0 fully saturated rings. The fourth-order valence-electron chi connectivity index (χ4n) is 1.95. The van der Waals surface area contributed by atoms with Crippen LogP contribution in [0.2, 0.25) is 0 Å². The van der Waals surface area contributed by atoms with Crippen molar-refractivity contribution in [2.45, 2.75) is 6.92 Å². The summed E-state index contributed by atoms with van der Waals surface area (Å²) < 4.78 is 79.8. The molecule has 0 aliphatic heterocycles. The zero-order valence-corrected chi connectivity index (χ0v) is 10.2. The summed E-state index contributed by atoms with van der Waals surface area (Å²) in [5, 5.41) is 0. The maximum atomic E-state index is 8.19. The Bertz CT molecular complexity index is 1020. The molecule has 92 valence electrons. The lowest BCUT2D eigenvalue weighted by Gasteiger charge is -2.11. The highest BCUT2D eigenvalue weighted by Gasteiger charge is 2.06. The summed E-state index contributed by atoms with van der Waals surface area (Å²) in [6.07, 6.45) is 0. The lowest BCUT2D eigenvalue weighted by molar-refractivity contribution is 1.45. The predicted molar refractivity (Wildman–Crippen MR) is 82.1 cm³/mol. The van der Waals surface area contributed by atoms with Crippen LogP contribution in [0.1, 0.15) is 19.3 Å². The van der Waals surface area contributed by atoms with Gasteiger partial charge in [0.05, 0.1) is 13.7 Å². The van der Waals surface area contributed by atoms with Gasteiger partial charge in [0.15, 0.2) is 0 Å². The van der Waals surface area contributed by atoms with Crippen molar-refractivity contribution in [2.75, 3.05) is 0 Å². The van der Waals surface area contributed by atoms with Crippen LogP contribution in [0.4, 0.5) is 0 Å². The molecule has 3 aromatic carbocycles. The van der Waals surface area contributed by atoms with Crippen molar-refractivity contribution in [1.82, 2.24) is 0 Å². The van der Waals surface area contributed by atoms with Crippen molar-refractivity contribution in [3.8, 4) is 22.3 Å². The summed E-state index contributed by atoms with van der Waals surface area (Å²) in [4.78, 5) is 0. The van der Waals surface area contributed by atoms with Gasteiger partial charge in [0.2, 0.25) is 0 Å². The number of hydrogen-bond acceptors (Lipinski definition) is 0. The van der Waals surface area contributed by atoms with Crippen LogP contribution in [0, 0.1) is 6.92 Å². The van der Waals surface area contributed by atoms with E-state index in [2.05, 4.69) is 0 Å². The maximum Gasteiger partial charge on any atom is 0.0629 e. The molecule has 0 N–H and O–H groups in total. The number of benzene rings is 3. The van der Waals surface area contributed by atoms with E-state index in [0.717, 1.165) is 0 Å². The van der Waals surface area contributed by atoms with Crippen molar-refractivity contribution in [3.05, 3.63) is 84.2 Å². The molecular formula is C19H16. The SMILES string of the molecule is [2H]c1c([2H])c([2H])c(-c2cccc(-c3c([2H])c([2H])c([2H])c([2H])c3[2H])c2C)c([2H])c1[2H]. The van der Waals surface area contributed by atoms with E-state index in [1.54, 1.807) is 25.1 Å². The van der Waals surface area contributed by atoms with Gasteiger partial charge in [-0.2, -0.15) is 0 Å². The van der Waals surface area contributed by atoms with Crippen molar-refractivity contribution in [2.24, 2.45) is 0 Å². The smallest absolute Gasteiger partial charge is 0.0622 e. The van der Waals surface area contributed by atoms with Crippen LogP contribution >= 0.6 is 0 Å². The molecule has 0 unspecified atom stereocenters. The zero-order chi connectivity index (χ0) is 21.8. The van der Waals surface area contributed by atoms with Gasteiger partial charge in [-0.1, -0.05) is 78.6 Å². The molecule has 0 bridgehead atoms. The molecule has 19 heavy (non-hydrogen) atoms. The zero-order valence-electron chi connectivity index (χ0n) is 20.2. The predicted octanol–water partition coefficient (Wildman–Crippen LogP) is 5.33. The molecule has 0 aliphatic carbocycles. The number of rotatable bonds is 2. The normalized spacial score (nSPS) is 17.7. The lowest BCUT2D eigenvalue weighted by Crippen LogP contribution is -1.87. The summed E-state index contributed by atoms with van der Waals surface area (Å²) >= 11 is 0. The summed E-state index contributed by atoms with van der Waals surface area (Å²) in [7, 11) is 0. The molecule has 0 saturated carbocycles. The van der Waals surface area contributed by atoms with Crippen LogP contribution in [0.25, 0.3) is 22.3 Å². The highest BCUT2D eigenvalue weighted by molar-refractivity contribution is 5.78. The van der Waals surface area contributed by atoms with Gasteiger partial charge in [0, 0.05) is 0 Å². The first-order valence-electron chi connectivity index (χ1n) is 10.7. The average Bonchev–Trinajstić information content (AvgIpc) is 2.70. The molecule has 0 spiro atoms. The second-order valence-corrected chi connectivity index (χ2v) is 3.98. The first kappa shape index (κ1) is 4.97. The summed E-state index contributed by atoms with van der Waals surface area (Å²) in [6.45, 7) is 1.63. The van der Waals surface area contributed by atoms with Gasteiger partial charge < -0.3 is 0 Å². The Morgan fingerprint density at radius 3 is 1.53 bits per heavy atom. The minimum Gasteiger partial charge on any atom is -0.0622 e. The van der Waals surface area contributed by atoms with Crippen molar-refractivity contribution >= 4 is 0 Å². The quantitative estimate of drug-likeness (QED) is 0.580. The molecule has 3 aromatic rings. The van der Waals surface area contributed by atoms with E-state index in [-0.39, 0.29) is 35.3 Å². The highest BCUT2D eigenvalue weighted by atomic mass is 14.1. The third-order valence-electron chi connectivity index (χ3n) is 2.87. The Morgan fingerprint density at radius 2 is 1.11 bits per heavy atom. The molecule has 3 rings (SSSR count). The van der Waals surface area contributed by atoms with Crippen LogP contribution < -0.4 is 0 Å². The Morgan fingerprint density at radius 1 is 0.684 bits per heavy atom. The van der Waals surface area contributed by atoms with Gasteiger partial charge >= 0.3 is 0 Å². The van der Waals surface area contributed by atoms with Gasteiger partial charge in [0.1, 0.15) is 0 Å². The molecule has 0 saturated heterocycles. The van der Waals surface area contributed by atoms with Crippen LogP contribution in [0.3, 0.4) is 0 Å².